The van der Waals surface area contributed by atoms with Gasteiger partial charge < -0.3 is 5.73 Å². The van der Waals surface area contributed by atoms with Crippen molar-refractivity contribution in [2.75, 3.05) is 13.1 Å². The maximum atomic E-state index is 10.7. The highest BCUT2D eigenvalue weighted by molar-refractivity contribution is 5.79. The largest absolute Gasteiger partial charge is 0.368 e. The van der Waals surface area contributed by atoms with Gasteiger partial charge in [-0.3, -0.25) is 4.79 Å². The highest BCUT2D eigenvalue weighted by Gasteiger charge is 2.14. The maximum absolute atomic E-state index is 10.7. The van der Waals surface area contributed by atoms with Crippen molar-refractivity contribution in [1.29, 1.82) is 0 Å². The summed E-state index contributed by atoms with van der Waals surface area (Å²) in [6.07, 6.45) is 3.71. The number of amides is 1. The third-order valence-corrected chi connectivity index (χ3v) is 2.16. The molecular formula is C8H17N3O. The van der Waals surface area contributed by atoms with Gasteiger partial charge in [0.1, 0.15) is 0 Å². The summed E-state index contributed by atoms with van der Waals surface area (Å²) in [6.45, 7) is 3.84. The molecule has 1 unspecified atom stereocenters. The van der Waals surface area contributed by atoms with Crippen LogP contribution in [0.2, 0.25) is 0 Å². The van der Waals surface area contributed by atoms with Crippen LogP contribution in [0.15, 0.2) is 0 Å². The quantitative estimate of drug-likeness (QED) is 0.621. The predicted octanol–water partition coefficient (Wildman–Crippen LogP) is -0.149. The summed E-state index contributed by atoms with van der Waals surface area (Å²) >= 11 is 0. The normalized spacial score (nSPS) is 22.1. The number of hydrogen-bond acceptors (Lipinski definition) is 3. The van der Waals surface area contributed by atoms with Crippen LogP contribution in [0, 0.1) is 0 Å². The maximum Gasteiger partial charge on any atom is 0.235 e. The molecule has 0 bridgehead atoms. The molecule has 4 nitrogen and oxygen atoms in total. The fraction of sp³-hybridized carbons (Fsp3) is 0.875. The van der Waals surface area contributed by atoms with Gasteiger partial charge in [0.25, 0.3) is 0 Å². The minimum atomic E-state index is -0.291. The topological polar surface area (TPSA) is 58.4 Å². The van der Waals surface area contributed by atoms with Crippen molar-refractivity contribution in [2.45, 2.75) is 32.2 Å². The summed E-state index contributed by atoms with van der Waals surface area (Å²) in [5, 5.41) is 2.08. The molecule has 1 rings (SSSR count). The lowest BCUT2D eigenvalue weighted by atomic mass is 10.2. The molecule has 1 aliphatic heterocycles. The second kappa shape index (κ2) is 4.42. The second-order valence-corrected chi connectivity index (χ2v) is 3.30. The summed E-state index contributed by atoms with van der Waals surface area (Å²) in [6, 6.07) is -0.247. The number of hydrazine groups is 1. The average Bonchev–Trinajstić information content (AvgIpc) is 2.06. The highest BCUT2D eigenvalue weighted by atomic mass is 16.1. The lowest BCUT2D eigenvalue weighted by Crippen LogP contribution is -2.50. The van der Waals surface area contributed by atoms with Crippen molar-refractivity contribution < 1.29 is 4.79 Å². The van der Waals surface area contributed by atoms with Crippen LogP contribution in [0.5, 0.6) is 0 Å². The molecule has 0 aromatic carbocycles. The fourth-order valence-electron chi connectivity index (χ4n) is 1.36. The number of carbonyl (C=O) groups is 1. The third-order valence-electron chi connectivity index (χ3n) is 2.16. The average molecular weight is 171 g/mol. The summed E-state index contributed by atoms with van der Waals surface area (Å²) in [4.78, 5) is 10.7. The molecule has 1 fully saturated rings. The predicted molar refractivity (Wildman–Crippen MR) is 47.2 cm³/mol. The second-order valence-electron chi connectivity index (χ2n) is 3.30. The number of nitrogens with two attached hydrogens (primary N) is 1. The molecule has 1 atom stereocenters. The Morgan fingerprint density at radius 3 is 2.50 bits per heavy atom. The Balaban J connectivity index is 2.24. The Bertz CT molecular complexity index is 154. The summed E-state index contributed by atoms with van der Waals surface area (Å²) < 4.78 is 0. The number of primary amides is 1. The van der Waals surface area contributed by atoms with Crippen LogP contribution in [0.3, 0.4) is 0 Å². The van der Waals surface area contributed by atoms with Gasteiger partial charge in [-0.25, -0.2) is 10.4 Å². The molecule has 12 heavy (non-hydrogen) atoms. The molecule has 3 N–H and O–H groups in total. The molecule has 4 heteroatoms. The van der Waals surface area contributed by atoms with Crippen molar-refractivity contribution in [3.63, 3.8) is 0 Å². The number of rotatable bonds is 3. The Morgan fingerprint density at radius 1 is 1.42 bits per heavy atom. The van der Waals surface area contributed by atoms with Gasteiger partial charge in [-0.1, -0.05) is 6.42 Å². The SMILES string of the molecule is CC(NN1CCCCC1)C(N)=O. The third kappa shape index (κ3) is 2.79. The van der Waals surface area contributed by atoms with Crippen LogP contribution in [-0.4, -0.2) is 30.0 Å². The van der Waals surface area contributed by atoms with Gasteiger partial charge in [-0.15, -0.1) is 0 Å². The first-order valence-corrected chi connectivity index (χ1v) is 4.50. The number of nitrogens with zero attached hydrogens (tertiary/aromatic N) is 1. The van der Waals surface area contributed by atoms with Gasteiger partial charge >= 0.3 is 0 Å². The van der Waals surface area contributed by atoms with Crippen LogP contribution >= 0.6 is 0 Å². The standard InChI is InChI=1S/C8H17N3O/c1-7(8(9)12)10-11-5-3-2-4-6-11/h7,10H,2-6H2,1H3,(H2,9,12). The molecule has 70 valence electrons. The minimum absolute atomic E-state index is 0.247. The molecule has 0 aromatic heterocycles. The van der Waals surface area contributed by atoms with Gasteiger partial charge in [0.2, 0.25) is 5.91 Å². The summed E-state index contributed by atoms with van der Waals surface area (Å²) in [5.41, 5.74) is 8.20. The molecule has 0 radical (unpaired) electrons. The van der Waals surface area contributed by atoms with Gasteiger partial charge in [-0.2, -0.15) is 0 Å². The van der Waals surface area contributed by atoms with E-state index in [-0.39, 0.29) is 11.9 Å². The van der Waals surface area contributed by atoms with E-state index < -0.39 is 0 Å². The Labute approximate surface area is 73.1 Å². The number of hydrogen-bond donors (Lipinski definition) is 2. The zero-order valence-corrected chi connectivity index (χ0v) is 7.55. The first-order valence-electron chi connectivity index (χ1n) is 4.50. The van der Waals surface area contributed by atoms with E-state index in [2.05, 4.69) is 10.4 Å². The molecule has 1 heterocycles. The Morgan fingerprint density at radius 2 is 2.00 bits per heavy atom. The first kappa shape index (κ1) is 9.48. The van der Waals surface area contributed by atoms with Crippen molar-refractivity contribution in [3.05, 3.63) is 0 Å². The lowest BCUT2D eigenvalue weighted by molar-refractivity contribution is -0.121. The van der Waals surface area contributed by atoms with Crippen molar-refractivity contribution in [1.82, 2.24) is 10.4 Å². The number of piperidine rings is 1. The molecule has 1 saturated heterocycles. The van der Waals surface area contributed by atoms with Crippen LogP contribution in [0.4, 0.5) is 0 Å². The Kier molecular flexibility index (Phi) is 3.49. The fourth-order valence-corrected chi connectivity index (χ4v) is 1.36. The van der Waals surface area contributed by atoms with Crippen LogP contribution in [-0.2, 0) is 4.79 Å². The van der Waals surface area contributed by atoms with Crippen LogP contribution < -0.4 is 11.2 Å². The van der Waals surface area contributed by atoms with E-state index in [0.717, 1.165) is 13.1 Å². The summed E-state index contributed by atoms with van der Waals surface area (Å²) in [5.74, 6) is -0.291. The highest BCUT2D eigenvalue weighted by Crippen LogP contribution is 2.06. The molecule has 0 spiro atoms. The molecule has 1 amide bonds. The van der Waals surface area contributed by atoms with E-state index in [0.29, 0.717) is 0 Å². The zero-order valence-electron chi connectivity index (χ0n) is 7.55. The molecule has 0 saturated carbocycles. The van der Waals surface area contributed by atoms with Crippen LogP contribution in [0.1, 0.15) is 26.2 Å². The number of carbonyl (C=O) groups excluding carboxylic acids is 1. The lowest BCUT2D eigenvalue weighted by Gasteiger charge is -2.29. The number of nitrogens with one attached hydrogen (secondary N) is 1. The smallest absolute Gasteiger partial charge is 0.235 e. The summed E-state index contributed by atoms with van der Waals surface area (Å²) in [7, 11) is 0. The first-order chi connectivity index (χ1) is 5.70. The van der Waals surface area contributed by atoms with Gasteiger partial charge in [0, 0.05) is 13.1 Å². The van der Waals surface area contributed by atoms with Crippen LogP contribution in [0.25, 0.3) is 0 Å². The van der Waals surface area contributed by atoms with E-state index in [9.17, 15) is 4.79 Å². The van der Waals surface area contributed by atoms with E-state index in [4.69, 9.17) is 5.73 Å². The molecule has 1 aliphatic rings. The molecule has 0 aromatic rings. The molecular weight excluding hydrogens is 154 g/mol. The monoisotopic (exact) mass is 171 g/mol. The van der Waals surface area contributed by atoms with Gasteiger partial charge in [0.05, 0.1) is 6.04 Å². The minimum Gasteiger partial charge on any atom is -0.368 e. The van der Waals surface area contributed by atoms with Crippen molar-refractivity contribution >= 4 is 5.91 Å². The van der Waals surface area contributed by atoms with Crippen molar-refractivity contribution in [3.8, 4) is 0 Å². The van der Waals surface area contributed by atoms with Gasteiger partial charge in [0.15, 0.2) is 0 Å². The molecule has 0 aliphatic carbocycles. The van der Waals surface area contributed by atoms with E-state index in [1.54, 1.807) is 6.92 Å². The van der Waals surface area contributed by atoms with Crippen molar-refractivity contribution in [2.24, 2.45) is 5.73 Å². The Hall–Kier alpha value is -0.610. The van der Waals surface area contributed by atoms with Gasteiger partial charge in [-0.05, 0) is 19.8 Å². The zero-order chi connectivity index (χ0) is 8.97. The van der Waals surface area contributed by atoms with E-state index >= 15 is 0 Å². The van der Waals surface area contributed by atoms with E-state index in [1.807, 2.05) is 0 Å². The van der Waals surface area contributed by atoms with E-state index in [1.165, 1.54) is 19.3 Å².